The van der Waals surface area contributed by atoms with Crippen LogP contribution in [0, 0.1) is 3.57 Å². The monoisotopic (exact) mass is 421 g/mol. The molecule has 0 aliphatic carbocycles. The minimum Gasteiger partial charge on any atom is -0.389 e. The maximum Gasteiger partial charge on any atom is 0.0907 e. The first-order valence-electron chi connectivity index (χ1n) is 5.49. The minimum absolute atomic E-state index is 0.476. The van der Waals surface area contributed by atoms with Crippen molar-refractivity contribution >= 4 is 44.2 Å². The second-order valence-corrected chi connectivity index (χ2v) is 5.99. The van der Waals surface area contributed by atoms with Crippen LogP contribution in [0.5, 0.6) is 0 Å². The van der Waals surface area contributed by atoms with E-state index in [1.54, 1.807) is 10.9 Å². The summed E-state index contributed by atoms with van der Waals surface area (Å²) in [5, 5.41) is 17.2. The molecule has 1 heterocycles. The van der Waals surface area contributed by atoms with Crippen LogP contribution < -0.4 is 5.32 Å². The Morgan fingerprint density at radius 3 is 3.00 bits per heavy atom. The number of nitrogens with zero attached hydrogens (tertiary/aromatic N) is 2. The van der Waals surface area contributed by atoms with Crippen molar-refractivity contribution in [1.29, 1.82) is 0 Å². The van der Waals surface area contributed by atoms with Crippen LogP contribution in [-0.2, 0) is 6.54 Å². The van der Waals surface area contributed by atoms with Crippen LogP contribution in [0.15, 0.2) is 41.1 Å². The smallest absolute Gasteiger partial charge is 0.0907 e. The number of aliphatic hydroxyl groups is 1. The Morgan fingerprint density at radius 2 is 2.33 bits per heavy atom. The average Bonchev–Trinajstić information content (AvgIpc) is 2.80. The molecule has 0 fully saturated rings. The van der Waals surface area contributed by atoms with Crippen molar-refractivity contribution in [3.05, 3.63) is 44.7 Å². The number of halogens is 2. The summed E-state index contributed by atoms with van der Waals surface area (Å²) in [4.78, 5) is 0. The van der Waals surface area contributed by atoms with Crippen molar-refractivity contribution in [2.45, 2.75) is 12.6 Å². The van der Waals surface area contributed by atoms with Crippen LogP contribution in [0.3, 0.4) is 0 Å². The Kier molecular flexibility index (Phi) is 5.02. The molecule has 6 heteroatoms. The van der Waals surface area contributed by atoms with Gasteiger partial charge in [0.1, 0.15) is 0 Å². The van der Waals surface area contributed by atoms with Crippen LogP contribution >= 0.6 is 38.5 Å². The van der Waals surface area contributed by atoms with Gasteiger partial charge >= 0.3 is 0 Å². The van der Waals surface area contributed by atoms with E-state index < -0.39 is 6.10 Å². The summed E-state index contributed by atoms with van der Waals surface area (Å²) in [6.45, 7) is 0.973. The molecular weight excluding hydrogens is 409 g/mol. The lowest BCUT2D eigenvalue weighted by molar-refractivity contribution is 0.161. The van der Waals surface area contributed by atoms with Gasteiger partial charge in [-0.2, -0.15) is 5.10 Å². The van der Waals surface area contributed by atoms with Gasteiger partial charge in [-0.1, -0.05) is 0 Å². The van der Waals surface area contributed by atoms with E-state index in [0.29, 0.717) is 13.1 Å². The molecule has 4 nitrogen and oxygen atoms in total. The second-order valence-electron chi connectivity index (χ2n) is 3.89. The third kappa shape index (κ3) is 3.96. The predicted octanol–water partition coefficient (Wildman–Crippen LogP) is 2.72. The summed E-state index contributed by atoms with van der Waals surface area (Å²) in [6.07, 6.45) is 3.07. The van der Waals surface area contributed by atoms with Gasteiger partial charge in [0.15, 0.2) is 0 Å². The largest absolute Gasteiger partial charge is 0.389 e. The van der Waals surface area contributed by atoms with Gasteiger partial charge in [-0.3, -0.25) is 4.68 Å². The quantitative estimate of drug-likeness (QED) is 0.730. The topological polar surface area (TPSA) is 50.1 Å². The molecule has 1 aromatic carbocycles. The predicted molar refractivity (Wildman–Crippen MR) is 83.6 cm³/mol. The first-order chi connectivity index (χ1) is 8.65. The van der Waals surface area contributed by atoms with Gasteiger partial charge in [0.05, 0.1) is 12.6 Å². The van der Waals surface area contributed by atoms with Crippen LogP contribution in [0.25, 0.3) is 0 Å². The zero-order valence-electron chi connectivity index (χ0n) is 9.55. The van der Waals surface area contributed by atoms with E-state index in [0.717, 1.165) is 10.2 Å². The third-order valence-electron chi connectivity index (χ3n) is 2.42. The number of benzene rings is 1. The number of nitrogens with one attached hydrogen (secondary N) is 1. The van der Waals surface area contributed by atoms with E-state index in [4.69, 9.17) is 0 Å². The summed E-state index contributed by atoms with van der Waals surface area (Å²) in [5.74, 6) is 0. The van der Waals surface area contributed by atoms with E-state index in [1.807, 2.05) is 30.5 Å². The van der Waals surface area contributed by atoms with Crippen LogP contribution in [0.2, 0.25) is 0 Å². The lowest BCUT2D eigenvalue weighted by Gasteiger charge is -2.14. The fourth-order valence-corrected chi connectivity index (χ4v) is 2.99. The summed E-state index contributed by atoms with van der Waals surface area (Å²) >= 11 is 5.75. The van der Waals surface area contributed by atoms with Crippen molar-refractivity contribution in [1.82, 2.24) is 9.78 Å². The van der Waals surface area contributed by atoms with Crippen molar-refractivity contribution in [2.75, 3.05) is 11.9 Å². The van der Waals surface area contributed by atoms with Gasteiger partial charge in [-0.05, 0) is 62.8 Å². The Balaban J connectivity index is 1.87. The number of hydrogen-bond acceptors (Lipinski definition) is 3. The molecule has 0 aliphatic heterocycles. The molecule has 0 saturated carbocycles. The van der Waals surface area contributed by atoms with E-state index in [1.165, 1.54) is 3.57 Å². The molecule has 0 spiro atoms. The lowest BCUT2D eigenvalue weighted by Crippen LogP contribution is -2.25. The first kappa shape index (κ1) is 13.8. The second kappa shape index (κ2) is 6.53. The molecule has 0 bridgehead atoms. The fraction of sp³-hybridized carbons (Fsp3) is 0.250. The maximum absolute atomic E-state index is 9.89. The highest BCUT2D eigenvalue weighted by Gasteiger charge is 2.06. The summed E-state index contributed by atoms with van der Waals surface area (Å²) < 4.78 is 3.89. The molecular formula is C12H13BrIN3O. The standard InChI is InChI=1S/C12H13BrIN3O/c13-11-6-9(14)2-3-12(11)15-7-10(18)8-17-5-1-4-16-17/h1-6,10,15,18H,7-8H2. The molecule has 0 saturated heterocycles. The maximum atomic E-state index is 9.89. The van der Waals surface area contributed by atoms with Crippen molar-refractivity contribution < 1.29 is 5.11 Å². The van der Waals surface area contributed by atoms with Gasteiger partial charge in [0.2, 0.25) is 0 Å². The molecule has 2 N–H and O–H groups in total. The average molecular weight is 422 g/mol. The van der Waals surface area contributed by atoms with Crippen LogP contribution in [0.1, 0.15) is 0 Å². The number of aromatic nitrogens is 2. The van der Waals surface area contributed by atoms with Crippen molar-refractivity contribution in [3.8, 4) is 0 Å². The van der Waals surface area contributed by atoms with Gasteiger partial charge in [0.25, 0.3) is 0 Å². The Hall–Kier alpha value is -0.600. The van der Waals surface area contributed by atoms with Crippen LogP contribution in [-0.4, -0.2) is 27.5 Å². The van der Waals surface area contributed by atoms with Gasteiger partial charge in [-0.25, -0.2) is 0 Å². The van der Waals surface area contributed by atoms with E-state index >= 15 is 0 Å². The first-order valence-corrected chi connectivity index (χ1v) is 7.37. The molecule has 2 rings (SSSR count). The zero-order valence-corrected chi connectivity index (χ0v) is 13.3. The van der Waals surface area contributed by atoms with E-state index in [9.17, 15) is 5.11 Å². The number of aliphatic hydroxyl groups excluding tert-OH is 1. The van der Waals surface area contributed by atoms with Crippen molar-refractivity contribution in [2.24, 2.45) is 0 Å². The number of rotatable bonds is 5. The molecule has 18 heavy (non-hydrogen) atoms. The van der Waals surface area contributed by atoms with Crippen LogP contribution in [0.4, 0.5) is 5.69 Å². The Morgan fingerprint density at radius 1 is 1.50 bits per heavy atom. The molecule has 1 unspecified atom stereocenters. The van der Waals surface area contributed by atoms with E-state index in [2.05, 4.69) is 48.9 Å². The zero-order chi connectivity index (χ0) is 13.0. The molecule has 1 atom stereocenters. The molecule has 0 aliphatic rings. The molecule has 0 amide bonds. The fourth-order valence-electron chi connectivity index (χ4n) is 1.55. The highest BCUT2D eigenvalue weighted by molar-refractivity contribution is 14.1. The number of hydrogen-bond donors (Lipinski definition) is 2. The van der Waals surface area contributed by atoms with Gasteiger partial charge in [-0.15, -0.1) is 0 Å². The Bertz CT molecular complexity index is 504. The lowest BCUT2D eigenvalue weighted by atomic mass is 10.3. The summed E-state index contributed by atoms with van der Waals surface area (Å²) in [7, 11) is 0. The van der Waals surface area contributed by atoms with Gasteiger partial charge < -0.3 is 10.4 Å². The molecule has 2 aromatic rings. The minimum atomic E-state index is -0.476. The Labute approximate surface area is 128 Å². The molecule has 0 radical (unpaired) electrons. The molecule has 96 valence electrons. The SMILES string of the molecule is OC(CNc1ccc(I)cc1Br)Cn1cccn1. The highest BCUT2D eigenvalue weighted by atomic mass is 127. The summed E-state index contributed by atoms with van der Waals surface area (Å²) in [5.41, 5.74) is 0.981. The highest BCUT2D eigenvalue weighted by Crippen LogP contribution is 2.24. The number of anilines is 1. The molecule has 1 aromatic heterocycles. The summed E-state index contributed by atoms with van der Waals surface area (Å²) in [6, 6.07) is 7.89. The third-order valence-corrected chi connectivity index (χ3v) is 3.74. The van der Waals surface area contributed by atoms with E-state index in [-0.39, 0.29) is 0 Å². The van der Waals surface area contributed by atoms with Gasteiger partial charge in [0, 0.05) is 32.7 Å². The normalized spacial score (nSPS) is 12.4. The van der Waals surface area contributed by atoms with Crippen molar-refractivity contribution in [3.63, 3.8) is 0 Å².